The van der Waals surface area contributed by atoms with E-state index < -0.39 is 0 Å². The van der Waals surface area contributed by atoms with Crippen LogP contribution in [0.5, 0.6) is 0 Å². The van der Waals surface area contributed by atoms with Gasteiger partial charge in [0.2, 0.25) is 5.82 Å². The maximum absolute atomic E-state index is 13.1. The van der Waals surface area contributed by atoms with Crippen molar-refractivity contribution >= 4 is 17.3 Å². The number of hydrogen-bond acceptors (Lipinski definition) is 3. The fraction of sp³-hybridized carbons (Fsp3) is 0.591. The van der Waals surface area contributed by atoms with Crippen LogP contribution in [0.2, 0.25) is 0 Å². The van der Waals surface area contributed by atoms with Crippen LogP contribution in [0.3, 0.4) is 0 Å². The average molecular weight is 383 g/mol. The summed E-state index contributed by atoms with van der Waals surface area (Å²) in [6.45, 7) is 3.74. The molecule has 1 aliphatic heterocycles. The smallest absolute Gasteiger partial charge is 0.287 e. The largest absolute Gasteiger partial charge is 0.347 e. The van der Waals surface area contributed by atoms with E-state index in [1.54, 1.807) is 4.40 Å². The van der Waals surface area contributed by atoms with Crippen LogP contribution in [0.15, 0.2) is 24.4 Å². The number of carbonyl (C=O) groups is 2. The molecule has 1 saturated carbocycles. The lowest BCUT2D eigenvalue weighted by Gasteiger charge is -2.29. The third-order valence-corrected chi connectivity index (χ3v) is 6.22. The van der Waals surface area contributed by atoms with E-state index in [4.69, 9.17) is 0 Å². The molecule has 0 radical (unpaired) electrons. The van der Waals surface area contributed by atoms with Crippen LogP contribution >= 0.6 is 0 Å². The molecule has 3 heterocycles. The minimum atomic E-state index is -0.181. The fourth-order valence-electron chi connectivity index (χ4n) is 4.39. The maximum atomic E-state index is 13.1. The molecular formula is C22H30N4O2. The second-order valence-corrected chi connectivity index (χ2v) is 8.38. The number of amides is 2. The molecule has 2 aromatic rings. The number of rotatable bonds is 3. The van der Waals surface area contributed by atoms with E-state index >= 15 is 0 Å². The Hall–Kier alpha value is -2.37. The summed E-state index contributed by atoms with van der Waals surface area (Å²) in [5.41, 5.74) is 1.10. The highest BCUT2D eigenvalue weighted by Gasteiger charge is 2.28. The van der Waals surface area contributed by atoms with E-state index in [1.165, 1.54) is 12.8 Å². The normalized spacial score (nSPS) is 19.5. The number of fused-ring (bicyclic) bond motifs is 1. The number of nitrogens with zero attached hydrogens (tertiary/aromatic N) is 3. The first-order chi connectivity index (χ1) is 13.6. The summed E-state index contributed by atoms with van der Waals surface area (Å²) in [7, 11) is 0. The van der Waals surface area contributed by atoms with Gasteiger partial charge in [-0.25, -0.2) is 4.98 Å². The van der Waals surface area contributed by atoms with Crippen LogP contribution in [0.1, 0.15) is 79.4 Å². The molecule has 150 valence electrons. The Kier molecular flexibility index (Phi) is 5.64. The van der Waals surface area contributed by atoms with Crippen LogP contribution < -0.4 is 5.32 Å². The Morgan fingerprint density at radius 2 is 1.75 bits per heavy atom. The van der Waals surface area contributed by atoms with Gasteiger partial charge in [-0.3, -0.25) is 14.0 Å². The van der Waals surface area contributed by atoms with Crippen molar-refractivity contribution in [2.45, 2.75) is 64.3 Å². The number of carbonyl (C=O) groups excluding carboxylic acids is 2. The Balaban J connectivity index is 1.59. The first kappa shape index (κ1) is 19.0. The van der Waals surface area contributed by atoms with Crippen molar-refractivity contribution in [3.8, 4) is 0 Å². The Labute approximate surface area is 166 Å². The van der Waals surface area contributed by atoms with Crippen molar-refractivity contribution < 1.29 is 9.59 Å². The van der Waals surface area contributed by atoms with E-state index in [0.29, 0.717) is 23.0 Å². The zero-order valence-electron chi connectivity index (χ0n) is 16.7. The second-order valence-electron chi connectivity index (χ2n) is 8.38. The lowest BCUT2D eigenvalue weighted by Crippen LogP contribution is -2.38. The maximum Gasteiger partial charge on any atom is 0.287 e. The van der Waals surface area contributed by atoms with Crippen molar-refractivity contribution in [3.05, 3.63) is 35.9 Å². The lowest BCUT2D eigenvalue weighted by atomic mass is 9.99. The third kappa shape index (κ3) is 3.91. The molecule has 0 spiro atoms. The van der Waals surface area contributed by atoms with Crippen LogP contribution in [0.25, 0.3) is 5.52 Å². The summed E-state index contributed by atoms with van der Waals surface area (Å²) in [6.07, 6.45) is 10.7. The highest BCUT2D eigenvalue weighted by atomic mass is 16.2. The van der Waals surface area contributed by atoms with Gasteiger partial charge in [-0.2, -0.15) is 0 Å². The highest BCUT2D eigenvalue weighted by molar-refractivity contribution is 6.02. The van der Waals surface area contributed by atoms with Gasteiger partial charge in [0.25, 0.3) is 11.8 Å². The van der Waals surface area contributed by atoms with Crippen LogP contribution in [0.4, 0.5) is 0 Å². The van der Waals surface area contributed by atoms with Gasteiger partial charge in [0.05, 0.1) is 5.52 Å². The Morgan fingerprint density at radius 3 is 2.46 bits per heavy atom. The summed E-state index contributed by atoms with van der Waals surface area (Å²) in [4.78, 5) is 32.5. The second kappa shape index (κ2) is 8.33. The summed E-state index contributed by atoms with van der Waals surface area (Å²) in [5.74, 6) is 0.723. The van der Waals surface area contributed by atoms with E-state index in [2.05, 4.69) is 17.2 Å². The van der Waals surface area contributed by atoms with Gasteiger partial charge < -0.3 is 10.2 Å². The van der Waals surface area contributed by atoms with Gasteiger partial charge in [0, 0.05) is 25.3 Å². The predicted octanol–water partition coefficient (Wildman–Crippen LogP) is 3.66. The van der Waals surface area contributed by atoms with E-state index in [9.17, 15) is 9.59 Å². The Morgan fingerprint density at radius 1 is 1.04 bits per heavy atom. The number of aromatic nitrogens is 2. The highest BCUT2D eigenvalue weighted by Crippen LogP contribution is 2.22. The monoisotopic (exact) mass is 382 g/mol. The van der Waals surface area contributed by atoms with E-state index in [-0.39, 0.29) is 17.9 Å². The number of likely N-dealkylation sites (tertiary alicyclic amines) is 1. The molecule has 2 fully saturated rings. The SMILES string of the molecule is CC1CCN(C(=O)c2nc(C(=O)NC3CCCCCC3)n3ccccc23)CC1. The zero-order valence-corrected chi connectivity index (χ0v) is 16.7. The number of hydrogen-bond donors (Lipinski definition) is 1. The molecule has 6 nitrogen and oxygen atoms in total. The number of pyridine rings is 1. The summed E-state index contributed by atoms with van der Waals surface area (Å²) < 4.78 is 1.76. The molecule has 28 heavy (non-hydrogen) atoms. The minimum absolute atomic E-state index is 0.0656. The topological polar surface area (TPSA) is 66.7 Å². The molecule has 2 aliphatic rings. The average Bonchev–Trinajstić information content (AvgIpc) is 2.91. The third-order valence-electron chi connectivity index (χ3n) is 6.22. The summed E-state index contributed by atoms with van der Waals surface area (Å²) in [5, 5.41) is 3.16. The standard InChI is InChI=1S/C22H30N4O2/c1-16-11-14-25(15-12-16)22(28)19-18-10-6-7-13-26(18)20(24-19)21(27)23-17-8-4-2-3-5-9-17/h6-7,10,13,16-17H,2-5,8-9,11-12,14-15H2,1H3,(H,23,27). The molecule has 6 heteroatoms. The van der Waals surface area contributed by atoms with E-state index in [1.807, 2.05) is 29.3 Å². The molecule has 0 atom stereocenters. The first-order valence-corrected chi connectivity index (χ1v) is 10.7. The molecule has 4 rings (SSSR count). The zero-order chi connectivity index (χ0) is 19.5. The molecule has 2 aromatic heterocycles. The molecule has 0 unspecified atom stereocenters. The van der Waals surface area contributed by atoms with Crippen molar-refractivity contribution in [1.82, 2.24) is 19.6 Å². The van der Waals surface area contributed by atoms with Crippen molar-refractivity contribution in [3.63, 3.8) is 0 Å². The van der Waals surface area contributed by atoms with Gasteiger partial charge in [-0.15, -0.1) is 0 Å². The van der Waals surface area contributed by atoms with Gasteiger partial charge in [-0.05, 0) is 43.7 Å². The van der Waals surface area contributed by atoms with Crippen LogP contribution in [-0.2, 0) is 0 Å². The minimum Gasteiger partial charge on any atom is -0.347 e. The first-order valence-electron chi connectivity index (χ1n) is 10.7. The predicted molar refractivity (Wildman–Crippen MR) is 108 cm³/mol. The molecule has 1 aliphatic carbocycles. The van der Waals surface area contributed by atoms with Gasteiger partial charge >= 0.3 is 0 Å². The number of piperidine rings is 1. The number of nitrogens with one attached hydrogen (secondary N) is 1. The summed E-state index contributed by atoms with van der Waals surface area (Å²) in [6, 6.07) is 5.83. The lowest BCUT2D eigenvalue weighted by molar-refractivity contribution is 0.0694. The quantitative estimate of drug-likeness (QED) is 0.824. The summed E-state index contributed by atoms with van der Waals surface area (Å²) >= 11 is 0. The molecule has 0 bridgehead atoms. The van der Waals surface area contributed by atoms with E-state index in [0.717, 1.165) is 51.6 Å². The fourth-order valence-corrected chi connectivity index (χ4v) is 4.39. The van der Waals surface area contributed by atoms with Crippen LogP contribution in [-0.4, -0.2) is 45.2 Å². The van der Waals surface area contributed by atoms with Gasteiger partial charge in [-0.1, -0.05) is 38.7 Å². The molecule has 1 N–H and O–H groups in total. The number of imidazole rings is 1. The van der Waals surface area contributed by atoms with Crippen LogP contribution in [0, 0.1) is 5.92 Å². The van der Waals surface area contributed by atoms with Crippen molar-refractivity contribution in [1.29, 1.82) is 0 Å². The van der Waals surface area contributed by atoms with Gasteiger partial charge in [0.15, 0.2) is 5.69 Å². The van der Waals surface area contributed by atoms with Gasteiger partial charge in [0.1, 0.15) is 0 Å². The molecule has 0 aromatic carbocycles. The molecule has 2 amide bonds. The molecular weight excluding hydrogens is 352 g/mol. The van der Waals surface area contributed by atoms with Crippen molar-refractivity contribution in [2.24, 2.45) is 5.92 Å². The molecule has 1 saturated heterocycles. The Bertz CT molecular complexity index is 843. The van der Waals surface area contributed by atoms with Crippen molar-refractivity contribution in [2.75, 3.05) is 13.1 Å².